The third kappa shape index (κ3) is 3.10. The molecular weight excluding hydrogens is 392 g/mol. The molecule has 1 heterocycles. The molecule has 1 amide bonds. The molecule has 0 aromatic heterocycles. The second-order valence-electron chi connectivity index (χ2n) is 6.50. The summed E-state index contributed by atoms with van der Waals surface area (Å²) in [4.78, 5) is 36.0. The zero-order valence-corrected chi connectivity index (χ0v) is 16.5. The number of hydrogen-bond donors (Lipinski definition) is 2. The van der Waals surface area contributed by atoms with Crippen LogP contribution in [0.1, 0.15) is 0 Å². The lowest BCUT2D eigenvalue weighted by molar-refractivity contribution is -0.118. The van der Waals surface area contributed by atoms with Gasteiger partial charge in [0.1, 0.15) is 11.4 Å². The zero-order chi connectivity index (χ0) is 21.4. The molecule has 2 N–H and O–H groups in total. The largest absolute Gasteiger partial charge is 0.493 e. The Kier molecular flexibility index (Phi) is 4.78. The molecule has 9 heteroatoms. The van der Waals surface area contributed by atoms with E-state index < -0.39 is 10.9 Å². The van der Waals surface area contributed by atoms with Crippen molar-refractivity contribution in [2.45, 2.75) is 0 Å². The third-order valence-electron chi connectivity index (χ3n) is 4.75. The van der Waals surface area contributed by atoms with E-state index in [1.54, 1.807) is 30.3 Å². The van der Waals surface area contributed by atoms with Gasteiger partial charge in [0.25, 0.3) is 11.3 Å². The average Bonchev–Trinajstić information content (AvgIpc) is 2.77. The minimum absolute atomic E-state index is 0.112. The molecule has 3 aromatic carbocycles. The van der Waals surface area contributed by atoms with Crippen molar-refractivity contribution in [1.82, 2.24) is 0 Å². The summed E-state index contributed by atoms with van der Waals surface area (Å²) in [5.74, 6) is 1.38. The van der Waals surface area contributed by atoms with E-state index in [9.17, 15) is 14.4 Å². The Morgan fingerprint density at radius 3 is 2.27 bits per heavy atom. The molecule has 0 radical (unpaired) electrons. The molecule has 1 aliphatic rings. The van der Waals surface area contributed by atoms with Crippen molar-refractivity contribution in [3.8, 4) is 34.1 Å². The fraction of sp³-hybridized carbons (Fsp3) is 0.190. The average molecular weight is 410 g/mol. The molecule has 0 spiro atoms. The SMILES string of the molecule is COc1cc(Nc2c(-c3ccc4c(c3)OCC(=O)N4)c(=O)c2=O)cc(OC)c1OC. The number of carbonyl (C=O) groups excluding carboxylic acids is 1. The lowest BCUT2D eigenvalue weighted by Gasteiger charge is -2.20. The Morgan fingerprint density at radius 1 is 0.933 bits per heavy atom. The molecule has 0 bridgehead atoms. The first kappa shape index (κ1) is 19.3. The van der Waals surface area contributed by atoms with Gasteiger partial charge in [0.2, 0.25) is 11.2 Å². The van der Waals surface area contributed by atoms with Crippen LogP contribution in [0, 0.1) is 0 Å². The van der Waals surface area contributed by atoms with Gasteiger partial charge in [-0.25, -0.2) is 0 Å². The maximum absolute atomic E-state index is 12.3. The number of rotatable bonds is 6. The second-order valence-corrected chi connectivity index (χ2v) is 6.50. The summed E-state index contributed by atoms with van der Waals surface area (Å²) in [6.07, 6.45) is 0. The van der Waals surface area contributed by atoms with Gasteiger partial charge in [-0.15, -0.1) is 0 Å². The summed E-state index contributed by atoms with van der Waals surface area (Å²) in [5, 5.41) is 5.66. The van der Waals surface area contributed by atoms with Crippen molar-refractivity contribution < 1.29 is 23.7 Å². The highest BCUT2D eigenvalue weighted by atomic mass is 16.5. The topological polar surface area (TPSA) is 112 Å². The Balaban J connectivity index is 1.72. The van der Waals surface area contributed by atoms with Crippen molar-refractivity contribution in [2.75, 3.05) is 38.6 Å². The predicted octanol–water partition coefficient (Wildman–Crippen LogP) is 2.05. The number of fused-ring (bicyclic) bond motifs is 1. The lowest BCUT2D eigenvalue weighted by atomic mass is 9.97. The van der Waals surface area contributed by atoms with Crippen molar-refractivity contribution in [2.24, 2.45) is 0 Å². The van der Waals surface area contributed by atoms with E-state index >= 15 is 0 Å². The van der Waals surface area contributed by atoms with Crippen molar-refractivity contribution in [1.29, 1.82) is 0 Å². The van der Waals surface area contributed by atoms with Crippen molar-refractivity contribution in [3.05, 3.63) is 50.8 Å². The quantitative estimate of drug-likeness (QED) is 0.594. The van der Waals surface area contributed by atoms with Gasteiger partial charge in [-0.3, -0.25) is 14.4 Å². The number of anilines is 3. The Hall–Kier alpha value is -4.01. The summed E-state index contributed by atoms with van der Waals surface area (Å²) >= 11 is 0. The van der Waals surface area contributed by atoms with E-state index in [1.165, 1.54) is 21.3 Å². The fourth-order valence-electron chi connectivity index (χ4n) is 3.31. The van der Waals surface area contributed by atoms with Gasteiger partial charge in [0, 0.05) is 17.8 Å². The number of benzene rings is 2. The number of amides is 1. The molecule has 4 rings (SSSR count). The Labute approximate surface area is 170 Å². The van der Waals surface area contributed by atoms with Crippen LogP contribution in [0.3, 0.4) is 0 Å². The van der Waals surface area contributed by atoms with Crippen molar-refractivity contribution >= 4 is 23.0 Å². The van der Waals surface area contributed by atoms with E-state index in [2.05, 4.69) is 10.6 Å². The van der Waals surface area contributed by atoms with Gasteiger partial charge < -0.3 is 29.6 Å². The van der Waals surface area contributed by atoms with Crippen LogP contribution in [-0.4, -0.2) is 33.8 Å². The van der Waals surface area contributed by atoms with Crippen molar-refractivity contribution in [3.63, 3.8) is 0 Å². The van der Waals surface area contributed by atoms with E-state index in [4.69, 9.17) is 18.9 Å². The van der Waals surface area contributed by atoms with Crippen LogP contribution in [0.5, 0.6) is 23.0 Å². The molecule has 9 nitrogen and oxygen atoms in total. The van der Waals surface area contributed by atoms with Crippen LogP contribution in [-0.2, 0) is 4.79 Å². The first-order valence-electron chi connectivity index (χ1n) is 8.94. The minimum atomic E-state index is -0.634. The molecule has 0 fully saturated rings. The highest BCUT2D eigenvalue weighted by Crippen LogP contribution is 2.41. The van der Waals surface area contributed by atoms with Gasteiger partial charge in [-0.2, -0.15) is 0 Å². The highest BCUT2D eigenvalue weighted by molar-refractivity contribution is 5.96. The normalized spacial score (nSPS) is 12.6. The molecule has 154 valence electrons. The van der Waals surface area contributed by atoms with Gasteiger partial charge in [-0.1, -0.05) is 6.07 Å². The molecular formula is C21H18N2O7. The maximum Gasteiger partial charge on any atom is 0.262 e. The number of carbonyl (C=O) groups is 1. The number of hydrogen-bond acceptors (Lipinski definition) is 8. The second kappa shape index (κ2) is 7.43. The van der Waals surface area contributed by atoms with E-state index in [1.807, 2.05) is 0 Å². The Morgan fingerprint density at radius 2 is 1.63 bits per heavy atom. The molecule has 0 saturated carbocycles. The maximum atomic E-state index is 12.3. The van der Waals surface area contributed by atoms with Crippen LogP contribution in [0.25, 0.3) is 11.1 Å². The van der Waals surface area contributed by atoms with E-state index in [0.717, 1.165) is 0 Å². The highest BCUT2D eigenvalue weighted by Gasteiger charge is 2.25. The number of ether oxygens (including phenoxy) is 4. The third-order valence-corrected chi connectivity index (χ3v) is 4.75. The first-order valence-corrected chi connectivity index (χ1v) is 8.94. The molecule has 3 aromatic rings. The van der Waals surface area contributed by atoms with Gasteiger partial charge in [0.15, 0.2) is 18.1 Å². The standard InChI is InChI=1S/C21H18N2O7/c1-27-14-7-11(8-15(28-2)21(14)29-3)22-18-17(19(25)20(18)26)10-4-5-12-13(6-10)30-9-16(24)23-12/h4-8,22H,9H2,1-3H3,(H,23,24). The smallest absolute Gasteiger partial charge is 0.262 e. The fourth-order valence-corrected chi connectivity index (χ4v) is 3.31. The van der Waals surface area contributed by atoms with Crippen LogP contribution < -0.4 is 40.4 Å². The summed E-state index contributed by atoms with van der Waals surface area (Å²) in [7, 11) is 4.45. The predicted molar refractivity (Wildman–Crippen MR) is 110 cm³/mol. The molecule has 1 aliphatic heterocycles. The monoisotopic (exact) mass is 410 g/mol. The molecule has 30 heavy (non-hydrogen) atoms. The lowest BCUT2D eigenvalue weighted by Crippen LogP contribution is -2.35. The van der Waals surface area contributed by atoms with Crippen LogP contribution >= 0.6 is 0 Å². The number of methoxy groups -OCH3 is 3. The van der Waals surface area contributed by atoms with Gasteiger partial charge >= 0.3 is 0 Å². The minimum Gasteiger partial charge on any atom is -0.493 e. The van der Waals surface area contributed by atoms with Gasteiger partial charge in [-0.05, 0) is 17.7 Å². The van der Waals surface area contributed by atoms with E-state index in [0.29, 0.717) is 39.9 Å². The van der Waals surface area contributed by atoms with Crippen LogP contribution in [0.4, 0.5) is 17.1 Å². The molecule has 0 saturated heterocycles. The Bertz CT molecular complexity index is 1200. The molecule has 0 unspecified atom stereocenters. The van der Waals surface area contributed by atoms with Crippen LogP contribution in [0.15, 0.2) is 39.9 Å². The summed E-state index contributed by atoms with van der Waals surface area (Å²) in [6.45, 7) is -0.112. The molecule has 0 atom stereocenters. The summed E-state index contributed by atoms with van der Waals surface area (Å²) < 4.78 is 21.3. The molecule has 0 aliphatic carbocycles. The summed E-state index contributed by atoms with van der Waals surface area (Å²) in [6, 6.07) is 8.15. The van der Waals surface area contributed by atoms with Gasteiger partial charge in [0.05, 0.1) is 32.6 Å². The zero-order valence-electron chi connectivity index (χ0n) is 16.5. The van der Waals surface area contributed by atoms with Crippen LogP contribution in [0.2, 0.25) is 0 Å². The number of nitrogens with one attached hydrogen (secondary N) is 2. The van der Waals surface area contributed by atoms with E-state index in [-0.39, 0.29) is 23.8 Å². The first-order chi connectivity index (χ1) is 14.5. The summed E-state index contributed by atoms with van der Waals surface area (Å²) in [5.41, 5.74) is 0.637.